The van der Waals surface area contributed by atoms with Gasteiger partial charge in [-0.2, -0.15) is 9.40 Å². The minimum absolute atomic E-state index is 0. The summed E-state index contributed by atoms with van der Waals surface area (Å²) in [5, 5.41) is 7.74. The van der Waals surface area contributed by atoms with E-state index in [0.717, 1.165) is 12.0 Å². The highest BCUT2D eigenvalue weighted by Crippen LogP contribution is 2.31. The summed E-state index contributed by atoms with van der Waals surface area (Å²) in [6, 6.07) is 8.06. The molecule has 0 aliphatic carbocycles. The van der Waals surface area contributed by atoms with E-state index in [9.17, 15) is 8.42 Å². The van der Waals surface area contributed by atoms with Crippen molar-refractivity contribution in [2.45, 2.75) is 51.6 Å². The molecule has 0 spiro atoms. The number of rotatable bonds is 5. The Balaban J connectivity index is 0.00000261. The second-order valence-corrected chi connectivity index (χ2v) is 8.57. The zero-order chi connectivity index (χ0) is 18.9. The van der Waals surface area contributed by atoms with Gasteiger partial charge in [0.1, 0.15) is 4.90 Å². The maximum Gasteiger partial charge on any atom is 0.247 e. The molecule has 1 atom stereocenters. The van der Waals surface area contributed by atoms with Crippen molar-refractivity contribution in [3.05, 3.63) is 46.8 Å². The average Bonchev–Trinajstić information content (AvgIpc) is 2.96. The van der Waals surface area contributed by atoms with E-state index in [-0.39, 0.29) is 18.4 Å². The van der Waals surface area contributed by atoms with E-state index < -0.39 is 10.0 Å². The Kier molecular flexibility index (Phi) is 7.08. The normalized spacial score (nSPS) is 18.3. The third kappa shape index (κ3) is 4.06. The summed E-state index contributed by atoms with van der Waals surface area (Å²) in [4.78, 5) is 0.358. The molecule has 1 aliphatic heterocycles. The molecule has 2 aromatic rings. The average molecular weight is 413 g/mol. The van der Waals surface area contributed by atoms with Crippen LogP contribution in [0.2, 0.25) is 0 Å². The fourth-order valence-electron chi connectivity index (χ4n) is 3.71. The highest BCUT2D eigenvalue weighted by molar-refractivity contribution is 7.89. The SMILES string of the molecule is CCc1ccc(C2CNCCN2S(=O)(=O)c2c(C)nn(CC)c2C)cc1.Cl. The van der Waals surface area contributed by atoms with Crippen LogP contribution in [-0.2, 0) is 23.0 Å². The Labute approximate surface area is 168 Å². The molecule has 1 aliphatic rings. The Hall–Kier alpha value is -1.41. The molecule has 1 aromatic heterocycles. The molecular formula is C19H29ClN4O2S. The number of aromatic nitrogens is 2. The number of halogens is 1. The Bertz CT molecular complexity index is 878. The largest absolute Gasteiger partial charge is 0.313 e. The predicted molar refractivity (Wildman–Crippen MR) is 110 cm³/mol. The van der Waals surface area contributed by atoms with E-state index in [2.05, 4.69) is 29.5 Å². The number of sulfonamides is 1. The van der Waals surface area contributed by atoms with Crippen LogP contribution in [0.25, 0.3) is 0 Å². The van der Waals surface area contributed by atoms with Crippen LogP contribution in [0.3, 0.4) is 0 Å². The van der Waals surface area contributed by atoms with Crippen LogP contribution < -0.4 is 5.32 Å². The Morgan fingerprint density at radius 2 is 1.85 bits per heavy atom. The Morgan fingerprint density at radius 3 is 2.41 bits per heavy atom. The second-order valence-electron chi connectivity index (χ2n) is 6.75. The van der Waals surface area contributed by atoms with Gasteiger partial charge in [-0.1, -0.05) is 31.2 Å². The number of aryl methyl sites for hydroxylation is 3. The maximum atomic E-state index is 13.5. The van der Waals surface area contributed by atoms with Gasteiger partial charge >= 0.3 is 0 Å². The molecule has 3 rings (SSSR count). The number of piperazine rings is 1. The molecule has 8 heteroatoms. The summed E-state index contributed by atoms with van der Waals surface area (Å²) >= 11 is 0. The lowest BCUT2D eigenvalue weighted by atomic mass is 10.0. The van der Waals surface area contributed by atoms with E-state index in [0.29, 0.717) is 42.5 Å². The van der Waals surface area contributed by atoms with Crippen molar-refractivity contribution >= 4 is 22.4 Å². The molecule has 1 fully saturated rings. The fraction of sp³-hybridized carbons (Fsp3) is 0.526. The molecule has 150 valence electrons. The standard InChI is InChI=1S/C19H28N4O2S.ClH/c1-5-16-7-9-17(10-8-16)18-13-20-11-12-23(18)26(24,25)19-14(3)21-22(6-2)15(19)4;/h7-10,18,20H,5-6,11-13H2,1-4H3;1H. The van der Waals surface area contributed by atoms with Gasteiger partial charge in [0.05, 0.1) is 17.4 Å². The molecule has 1 saturated heterocycles. The summed E-state index contributed by atoms with van der Waals surface area (Å²) in [7, 11) is -3.62. The van der Waals surface area contributed by atoms with Gasteiger partial charge in [0.15, 0.2) is 0 Å². The number of nitrogens with zero attached hydrogens (tertiary/aromatic N) is 3. The van der Waals surface area contributed by atoms with E-state index in [1.165, 1.54) is 5.56 Å². The fourth-order valence-corrected chi connectivity index (χ4v) is 5.70. The van der Waals surface area contributed by atoms with Gasteiger partial charge in [-0.15, -0.1) is 12.4 Å². The summed E-state index contributed by atoms with van der Waals surface area (Å²) in [6.45, 7) is 10.1. The van der Waals surface area contributed by atoms with Crippen LogP contribution in [-0.4, -0.2) is 42.1 Å². The second kappa shape index (κ2) is 8.73. The first-order valence-corrected chi connectivity index (χ1v) is 10.7. The zero-order valence-electron chi connectivity index (χ0n) is 16.4. The Morgan fingerprint density at radius 1 is 1.19 bits per heavy atom. The monoisotopic (exact) mass is 412 g/mol. The molecule has 1 N–H and O–H groups in total. The third-order valence-corrected chi connectivity index (χ3v) is 7.31. The number of hydrogen-bond acceptors (Lipinski definition) is 4. The van der Waals surface area contributed by atoms with E-state index in [4.69, 9.17) is 0 Å². The molecule has 0 amide bonds. The minimum atomic E-state index is -3.62. The molecule has 27 heavy (non-hydrogen) atoms. The van der Waals surface area contributed by atoms with Crippen molar-refractivity contribution < 1.29 is 8.42 Å². The van der Waals surface area contributed by atoms with Crippen molar-refractivity contribution in [3.63, 3.8) is 0 Å². The molecule has 1 aromatic carbocycles. The van der Waals surface area contributed by atoms with Gasteiger partial charge < -0.3 is 5.32 Å². The zero-order valence-corrected chi connectivity index (χ0v) is 18.0. The summed E-state index contributed by atoms with van der Waals surface area (Å²) in [6.07, 6.45) is 0.972. The molecule has 6 nitrogen and oxygen atoms in total. The first kappa shape index (κ1) is 21.9. The summed E-state index contributed by atoms with van der Waals surface area (Å²) in [5.41, 5.74) is 3.56. The van der Waals surface area contributed by atoms with Crippen LogP contribution in [0.15, 0.2) is 29.2 Å². The lowest BCUT2D eigenvalue weighted by molar-refractivity contribution is 0.271. The van der Waals surface area contributed by atoms with Gasteiger partial charge in [0.2, 0.25) is 10.0 Å². The molecular weight excluding hydrogens is 384 g/mol. The van der Waals surface area contributed by atoms with Crippen molar-refractivity contribution in [2.24, 2.45) is 0 Å². The summed E-state index contributed by atoms with van der Waals surface area (Å²) < 4.78 is 30.4. The van der Waals surface area contributed by atoms with Gasteiger partial charge in [0.25, 0.3) is 0 Å². The van der Waals surface area contributed by atoms with Crippen LogP contribution in [0.1, 0.15) is 42.4 Å². The topological polar surface area (TPSA) is 67.2 Å². The van der Waals surface area contributed by atoms with Gasteiger partial charge in [0, 0.05) is 26.2 Å². The molecule has 0 bridgehead atoms. The van der Waals surface area contributed by atoms with Gasteiger partial charge in [-0.25, -0.2) is 8.42 Å². The van der Waals surface area contributed by atoms with E-state index >= 15 is 0 Å². The third-order valence-electron chi connectivity index (χ3n) is 5.15. The van der Waals surface area contributed by atoms with Crippen molar-refractivity contribution in [1.29, 1.82) is 0 Å². The molecule has 1 unspecified atom stereocenters. The highest BCUT2D eigenvalue weighted by Gasteiger charge is 2.37. The van der Waals surface area contributed by atoms with Crippen molar-refractivity contribution in [2.75, 3.05) is 19.6 Å². The van der Waals surface area contributed by atoms with E-state index in [1.807, 2.05) is 26.0 Å². The van der Waals surface area contributed by atoms with Crippen LogP contribution in [0.4, 0.5) is 0 Å². The summed E-state index contributed by atoms with van der Waals surface area (Å²) in [5.74, 6) is 0. The quantitative estimate of drug-likeness (QED) is 0.819. The maximum absolute atomic E-state index is 13.5. The number of benzene rings is 1. The number of nitrogens with one attached hydrogen (secondary N) is 1. The number of hydrogen-bond donors (Lipinski definition) is 1. The predicted octanol–water partition coefficient (Wildman–Crippen LogP) is 2.84. The first-order chi connectivity index (χ1) is 12.4. The van der Waals surface area contributed by atoms with E-state index in [1.54, 1.807) is 15.9 Å². The molecule has 0 saturated carbocycles. The van der Waals surface area contributed by atoms with Crippen LogP contribution in [0, 0.1) is 13.8 Å². The lowest BCUT2D eigenvalue weighted by Gasteiger charge is -2.35. The van der Waals surface area contributed by atoms with Crippen molar-refractivity contribution in [3.8, 4) is 0 Å². The smallest absolute Gasteiger partial charge is 0.247 e. The van der Waals surface area contributed by atoms with Gasteiger partial charge in [-0.05, 0) is 38.3 Å². The molecule has 0 radical (unpaired) electrons. The highest BCUT2D eigenvalue weighted by atomic mass is 35.5. The minimum Gasteiger partial charge on any atom is -0.313 e. The van der Waals surface area contributed by atoms with Gasteiger partial charge in [-0.3, -0.25) is 4.68 Å². The van der Waals surface area contributed by atoms with Crippen LogP contribution >= 0.6 is 12.4 Å². The van der Waals surface area contributed by atoms with Crippen molar-refractivity contribution in [1.82, 2.24) is 19.4 Å². The van der Waals surface area contributed by atoms with Crippen LogP contribution in [0.5, 0.6) is 0 Å². The molecule has 2 heterocycles. The lowest BCUT2D eigenvalue weighted by Crippen LogP contribution is -2.48. The first-order valence-electron chi connectivity index (χ1n) is 9.25.